The van der Waals surface area contributed by atoms with Gasteiger partial charge in [0.05, 0.1) is 11.4 Å². The van der Waals surface area contributed by atoms with Crippen LogP contribution in [0.25, 0.3) is 0 Å². The van der Waals surface area contributed by atoms with Gasteiger partial charge in [0.1, 0.15) is 12.4 Å². The maximum atomic E-state index is 5.70. The molecule has 1 aliphatic heterocycles. The van der Waals surface area contributed by atoms with Crippen molar-refractivity contribution >= 4 is 11.5 Å². The van der Waals surface area contributed by atoms with Gasteiger partial charge in [-0.25, -0.2) is 0 Å². The topological polar surface area (TPSA) is 48.2 Å². The second-order valence-corrected chi connectivity index (χ2v) is 4.20. The fourth-order valence-electron chi connectivity index (χ4n) is 1.97. The van der Waals surface area contributed by atoms with Crippen molar-refractivity contribution in [2.24, 2.45) is 0 Å². The summed E-state index contributed by atoms with van der Waals surface area (Å²) in [5.41, 5.74) is 1.97. The Bertz CT molecular complexity index is 372. The molecule has 4 nitrogen and oxygen atoms in total. The van der Waals surface area contributed by atoms with Crippen molar-refractivity contribution in [2.75, 3.05) is 6.61 Å². The minimum atomic E-state index is 0.0429. The summed E-state index contributed by atoms with van der Waals surface area (Å²) in [5.74, 6) is 0.283. The number of ether oxygens (including phenoxy) is 1. The maximum absolute atomic E-state index is 5.70. The lowest BCUT2D eigenvalue weighted by atomic mass is 9.96. The molecule has 0 radical (unpaired) electrons. The van der Waals surface area contributed by atoms with Crippen molar-refractivity contribution in [3.05, 3.63) is 35.2 Å². The third-order valence-electron chi connectivity index (χ3n) is 2.68. The molecular weight excluding hydrogens is 212 g/mol. The predicted molar refractivity (Wildman–Crippen MR) is 54.7 cm³/mol. The standard InChI is InChI=1S/C10H10N2O2S/c1-4-13-10(9-3-6-15-12-9)7(1)8-2-5-14-11-8/h2-3,5-7,10H,1,4H2. The van der Waals surface area contributed by atoms with E-state index in [1.807, 2.05) is 17.5 Å². The molecule has 3 heterocycles. The second-order valence-electron chi connectivity index (χ2n) is 3.54. The zero-order valence-corrected chi connectivity index (χ0v) is 8.81. The number of hydrogen-bond donors (Lipinski definition) is 0. The highest BCUT2D eigenvalue weighted by Gasteiger charge is 2.33. The Hall–Kier alpha value is -1.20. The molecule has 1 saturated heterocycles. The SMILES string of the molecule is c1cc(C2CCOC2c2ccsn2)no1. The lowest BCUT2D eigenvalue weighted by Gasteiger charge is -2.13. The van der Waals surface area contributed by atoms with E-state index in [2.05, 4.69) is 9.53 Å². The van der Waals surface area contributed by atoms with Gasteiger partial charge in [0, 0.05) is 24.0 Å². The molecule has 5 heteroatoms. The first-order chi connectivity index (χ1) is 7.45. The highest BCUT2D eigenvalue weighted by Crippen LogP contribution is 2.40. The van der Waals surface area contributed by atoms with Gasteiger partial charge in [0.25, 0.3) is 0 Å². The Morgan fingerprint density at radius 1 is 1.33 bits per heavy atom. The van der Waals surface area contributed by atoms with Gasteiger partial charge < -0.3 is 9.26 Å². The third-order valence-corrected chi connectivity index (χ3v) is 3.25. The molecule has 0 saturated carbocycles. The minimum absolute atomic E-state index is 0.0429. The summed E-state index contributed by atoms with van der Waals surface area (Å²) >= 11 is 1.45. The molecule has 0 amide bonds. The molecule has 0 bridgehead atoms. The van der Waals surface area contributed by atoms with Crippen LogP contribution in [0.1, 0.15) is 29.8 Å². The molecule has 0 aromatic carbocycles. The van der Waals surface area contributed by atoms with Crippen molar-refractivity contribution in [3.8, 4) is 0 Å². The molecule has 2 atom stereocenters. The molecular formula is C10H10N2O2S. The van der Waals surface area contributed by atoms with Gasteiger partial charge in [-0.3, -0.25) is 0 Å². The fourth-order valence-corrected chi connectivity index (χ4v) is 2.51. The first kappa shape index (κ1) is 9.06. The zero-order chi connectivity index (χ0) is 10.1. The van der Waals surface area contributed by atoms with Crippen molar-refractivity contribution in [2.45, 2.75) is 18.4 Å². The summed E-state index contributed by atoms with van der Waals surface area (Å²) in [5, 5.41) is 5.95. The van der Waals surface area contributed by atoms with Crippen LogP contribution in [0.2, 0.25) is 0 Å². The van der Waals surface area contributed by atoms with Crippen molar-refractivity contribution in [3.63, 3.8) is 0 Å². The van der Waals surface area contributed by atoms with E-state index in [1.165, 1.54) is 11.5 Å². The maximum Gasteiger partial charge on any atom is 0.124 e. The van der Waals surface area contributed by atoms with Gasteiger partial charge in [0.15, 0.2) is 0 Å². The van der Waals surface area contributed by atoms with Crippen LogP contribution in [0.5, 0.6) is 0 Å². The van der Waals surface area contributed by atoms with Gasteiger partial charge in [-0.05, 0) is 24.0 Å². The third kappa shape index (κ3) is 1.57. The number of rotatable bonds is 2. The highest BCUT2D eigenvalue weighted by atomic mass is 32.1. The second kappa shape index (κ2) is 3.75. The average molecular weight is 222 g/mol. The molecule has 0 spiro atoms. The molecule has 1 aliphatic rings. The van der Waals surface area contributed by atoms with Crippen molar-refractivity contribution in [1.29, 1.82) is 0 Å². The Kier molecular flexibility index (Phi) is 2.26. The Labute approximate surface area is 91.0 Å². The van der Waals surface area contributed by atoms with E-state index in [0.717, 1.165) is 24.4 Å². The minimum Gasteiger partial charge on any atom is -0.371 e. The first-order valence-corrected chi connectivity index (χ1v) is 5.71. The summed E-state index contributed by atoms with van der Waals surface area (Å²) in [6, 6.07) is 3.91. The lowest BCUT2D eigenvalue weighted by molar-refractivity contribution is 0.100. The van der Waals surface area contributed by atoms with Crippen LogP contribution < -0.4 is 0 Å². The molecule has 0 aliphatic carbocycles. The molecule has 3 rings (SSSR count). The van der Waals surface area contributed by atoms with Crippen molar-refractivity contribution in [1.82, 2.24) is 9.53 Å². The Morgan fingerprint density at radius 2 is 2.33 bits per heavy atom. The predicted octanol–water partition coefficient (Wildman–Crippen LogP) is 2.38. The van der Waals surface area contributed by atoms with Crippen LogP contribution in [-0.2, 0) is 4.74 Å². The average Bonchev–Trinajstić information content (AvgIpc) is 3.01. The van der Waals surface area contributed by atoms with Crippen LogP contribution in [0.15, 0.2) is 28.3 Å². The summed E-state index contributed by atoms with van der Waals surface area (Å²) in [7, 11) is 0. The Morgan fingerprint density at radius 3 is 3.07 bits per heavy atom. The van der Waals surface area contributed by atoms with Crippen LogP contribution >= 0.6 is 11.5 Å². The van der Waals surface area contributed by atoms with E-state index >= 15 is 0 Å². The molecule has 1 fully saturated rings. The van der Waals surface area contributed by atoms with Gasteiger partial charge in [-0.15, -0.1) is 0 Å². The molecule has 0 N–H and O–H groups in total. The van der Waals surface area contributed by atoms with Crippen LogP contribution in [0.4, 0.5) is 0 Å². The number of nitrogens with zero attached hydrogens (tertiary/aromatic N) is 2. The normalized spacial score (nSPS) is 25.9. The van der Waals surface area contributed by atoms with Crippen LogP contribution in [0.3, 0.4) is 0 Å². The van der Waals surface area contributed by atoms with Gasteiger partial charge >= 0.3 is 0 Å². The lowest BCUT2D eigenvalue weighted by Crippen LogP contribution is -2.06. The van der Waals surface area contributed by atoms with E-state index in [4.69, 9.17) is 9.26 Å². The molecule has 2 unspecified atom stereocenters. The van der Waals surface area contributed by atoms with Crippen LogP contribution in [-0.4, -0.2) is 16.1 Å². The summed E-state index contributed by atoms with van der Waals surface area (Å²) in [6.45, 7) is 0.764. The largest absolute Gasteiger partial charge is 0.371 e. The Balaban J connectivity index is 1.90. The number of hydrogen-bond acceptors (Lipinski definition) is 5. The molecule has 78 valence electrons. The molecule has 2 aromatic rings. The van der Waals surface area contributed by atoms with Crippen molar-refractivity contribution < 1.29 is 9.26 Å². The highest BCUT2D eigenvalue weighted by molar-refractivity contribution is 7.03. The van der Waals surface area contributed by atoms with E-state index < -0.39 is 0 Å². The van der Waals surface area contributed by atoms with Crippen LogP contribution in [0, 0.1) is 0 Å². The quantitative estimate of drug-likeness (QED) is 0.782. The molecule has 15 heavy (non-hydrogen) atoms. The number of aromatic nitrogens is 2. The van der Waals surface area contributed by atoms with E-state index in [9.17, 15) is 0 Å². The zero-order valence-electron chi connectivity index (χ0n) is 8.00. The van der Waals surface area contributed by atoms with E-state index in [0.29, 0.717) is 0 Å². The monoisotopic (exact) mass is 222 g/mol. The summed E-state index contributed by atoms with van der Waals surface area (Å²) in [6.07, 6.45) is 2.63. The van der Waals surface area contributed by atoms with Gasteiger partial charge in [0.2, 0.25) is 0 Å². The summed E-state index contributed by atoms with van der Waals surface area (Å²) < 4.78 is 14.9. The first-order valence-electron chi connectivity index (χ1n) is 4.87. The van der Waals surface area contributed by atoms with Gasteiger partial charge in [-0.2, -0.15) is 4.37 Å². The summed E-state index contributed by atoms with van der Waals surface area (Å²) in [4.78, 5) is 0. The molecule has 2 aromatic heterocycles. The van der Waals surface area contributed by atoms with E-state index in [1.54, 1.807) is 6.26 Å². The smallest absolute Gasteiger partial charge is 0.124 e. The van der Waals surface area contributed by atoms with Gasteiger partial charge in [-0.1, -0.05) is 5.16 Å². The fraction of sp³-hybridized carbons (Fsp3) is 0.400. The van der Waals surface area contributed by atoms with E-state index in [-0.39, 0.29) is 12.0 Å².